The van der Waals surface area contributed by atoms with Crippen molar-refractivity contribution in [1.29, 1.82) is 0 Å². The second kappa shape index (κ2) is 12.8. The summed E-state index contributed by atoms with van der Waals surface area (Å²) in [6.07, 6.45) is 13.9. The Morgan fingerprint density at radius 3 is 2.26 bits per heavy atom. The molecule has 1 aliphatic rings. The van der Waals surface area contributed by atoms with Crippen LogP contribution in [0, 0.1) is 11.8 Å². The van der Waals surface area contributed by atoms with E-state index < -0.39 is 0 Å². The summed E-state index contributed by atoms with van der Waals surface area (Å²) in [5.41, 5.74) is 0.600. The van der Waals surface area contributed by atoms with E-state index >= 15 is 0 Å². The molecule has 3 heteroatoms. The van der Waals surface area contributed by atoms with Gasteiger partial charge in [0.25, 0.3) is 0 Å². The predicted octanol–water partition coefficient (Wildman–Crippen LogP) is 6.80. The molecule has 2 atom stereocenters. The Bertz CT molecular complexity index is 521. The molecule has 0 amide bonds. The van der Waals surface area contributed by atoms with Crippen molar-refractivity contribution in [3.05, 3.63) is 29.8 Å². The molecule has 2 unspecified atom stereocenters. The Kier molecular flexibility index (Phi) is 10.3. The van der Waals surface area contributed by atoms with Crippen molar-refractivity contribution < 1.29 is 14.3 Å². The molecule has 1 aliphatic carbocycles. The zero-order valence-corrected chi connectivity index (χ0v) is 17.4. The smallest absolute Gasteiger partial charge is 0.338 e. The molecule has 0 radical (unpaired) electrons. The fourth-order valence-electron chi connectivity index (χ4n) is 4.24. The van der Waals surface area contributed by atoms with Crippen molar-refractivity contribution in [1.82, 2.24) is 0 Å². The largest absolute Gasteiger partial charge is 0.494 e. The van der Waals surface area contributed by atoms with E-state index in [9.17, 15) is 4.79 Å². The van der Waals surface area contributed by atoms with Crippen molar-refractivity contribution in [2.75, 3.05) is 13.2 Å². The number of rotatable bonds is 12. The van der Waals surface area contributed by atoms with Gasteiger partial charge >= 0.3 is 5.97 Å². The van der Waals surface area contributed by atoms with Gasteiger partial charge in [0, 0.05) is 0 Å². The van der Waals surface area contributed by atoms with Crippen molar-refractivity contribution in [2.24, 2.45) is 11.8 Å². The standard InChI is InChI=1S/C24H38O3/c1-3-5-8-18-27-24(25)22-14-16-23(17-15-22)26-19-9-13-21-12-7-6-11-20(21)10-4-2/h14-17,20-21H,3-13,18-19H2,1-2H3. The van der Waals surface area contributed by atoms with E-state index in [0.29, 0.717) is 12.2 Å². The van der Waals surface area contributed by atoms with E-state index in [0.717, 1.165) is 49.9 Å². The van der Waals surface area contributed by atoms with Crippen LogP contribution in [0.3, 0.4) is 0 Å². The van der Waals surface area contributed by atoms with Gasteiger partial charge in [-0.25, -0.2) is 4.79 Å². The minimum absolute atomic E-state index is 0.239. The molecule has 0 spiro atoms. The number of ether oxygens (including phenoxy) is 2. The number of hydrogen-bond donors (Lipinski definition) is 0. The zero-order valence-electron chi connectivity index (χ0n) is 17.4. The molecule has 0 heterocycles. The maximum Gasteiger partial charge on any atom is 0.338 e. The van der Waals surface area contributed by atoms with Crippen LogP contribution in [0.4, 0.5) is 0 Å². The van der Waals surface area contributed by atoms with Gasteiger partial charge in [-0.1, -0.05) is 65.2 Å². The van der Waals surface area contributed by atoms with Crippen molar-refractivity contribution in [3.63, 3.8) is 0 Å². The lowest BCUT2D eigenvalue weighted by molar-refractivity contribution is 0.0498. The van der Waals surface area contributed by atoms with Crippen LogP contribution in [0.1, 0.15) is 94.8 Å². The van der Waals surface area contributed by atoms with Crippen LogP contribution < -0.4 is 4.74 Å². The molecular weight excluding hydrogens is 336 g/mol. The van der Waals surface area contributed by atoms with Gasteiger partial charge in [0.05, 0.1) is 18.8 Å². The Hall–Kier alpha value is -1.51. The third-order valence-electron chi connectivity index (χ3n) is 5.79. The summed E-state index contributed by atoms with van der Waals surface area (Å²) in [6, 6.07) is 7.36. The lowest BCUT2D eigenvalue weighted by atomic mass is 9.75. The first-order valence-electron chi connectivity index (χ1n) is 11.1. The van der Waals surface area contributed by atoms with Crippen LogP contribution in [0.25, 0.3) is 0 Å². The summed E-state index contributed by atoms with van der Waals surface area (Å²) in [4.78, 5) is 12.0. The van der Waals surface area contributed by atoms with Crippen molar-refractivity contribution in [3.8, 4) is 5.75 Å². The number of hydrogen-bond acceptors (Lipinski definition) is 3. The van der Waals surface area contributed by atoms with Crippen LogP contribution in [-0.4, -0.2) is 19.2 Å². The molecule has 0 bridgehead atoms. The summed E-state index contributed by atoms with van der Waals surface area (Å²) in [6.45, 7) is 5.71. The molecule has 27 heavy (non-hydrogen) atoms. The minimum atomic E-state index is -0.239. The highest BCUT2D eigenvalue weighted by Gasteiger charge is 2.23. The lowest BCUT2D eigenvalue weighted by Gasteiger charge is -2.31. The van der Waals surface area contributed by atoms with E-state index in [4.69, 9.17) is 9.47 Å². The highest BCUT2D eigenvalue weighted by Crippen LogP contribution is 2.35. The first-order valence-corrected chi connectivity index (χ1v) is 11.1. The molecule has 0 aromatic heterocycles. The normalized spacial score (nSPS) is 19.6. The van der Waals surface area contributed by atoms with Gasteiger partial charge in [-0.15, -0.1) is 0 Å². The van der Waals surface area contributed by atoms with E-state index in [1.54, 1.807) is 12.1 Å². The van der Waals surface area contributed by atoms with E-state index in [1.807, 2.05) is 12.1 Å². The summed E-state index contributed by atoms with van der Waals surface area (Å²) in [5, 5.41) is 0. The third-order valence-corrected chi connectivity index (χ3v) is 5.79. The molecule has 0 saturated heterocycles. The molecule has 0 aliphatic heterocycles. The van der Waals surface area contributed by atoms with Gasteiger partial charge in [-0.3, -0.25) is 0 Å². The third kappa shape index (κ3) is 7.94. The van der Waals surface area contributed by atoms with Crippen LogP contribution >= 0.6 is 0 Å². The summed E-state index contributed by atoms with van der Waals surface area (Å²) < 4.78 is 11.2. The van der Waals surface area contributed by atoms with Gasteiger partial charge in [0.15, 0.2) is 0 Å². The second-order valence-corrected chi connectivity index (χ2v) is 7.95. The molecule has 1 aromatic carbocycles. The zero-order chi connectivity index (χ0) is 19.3. The molecule has 1 aromatic rings. The number of esters is 1. The van der Waals surface area contributed by atoms with Gasteiger partial charge < -0.3 is 9.47 Å². The molecular formula is C24H38O3. The first-order chi connectivity index (χ1) is 13.2. The summed E-state index contributed by atoms with van der Waals surface area (Å²) in [5.74, 6) is 2.43. The van der Waals surface area contributed by atoms with Gasteiger partial charge in [-0.2, -0.15) is 0 Å². The SMILES string of the molecule is CCCCCOC(=O)c1ccc(OCCCC2CCCCC2CCC)cc1. The van der Waals surface area contributed by atoms with Crippen LogP contribution in [0.2, 0.25) is 0 Å². The van der Waals surface area contributed by atoms with E-state index in [-0.39, 0.29) is 5.97 Å². The highest BCUT2D eigenvalue weighted by molar-refractivity contribution is 5.89. The number of carbonyl (C=O) groups is 1. The molecule has 2 rings (SSSR count). The Morgan fingerprint density at radius 2 is 1.59 bits per heavy atom. The lowest BCUT2D eigenvalue weighted by Crippen LogP contribution is -2.20. The number of unbranched alkanes of at least 4 members (excludes halogenated alkanes) is 2. The van der Waals surface area contributed by atoms with E-state index in [1.165, 1.54) is 44.9 Å². The first kappa shape index (κ1) is 21.8. The Balaban J connectivity index is 1.66. The maximum absolute atomic E-state index is 12.0. The van der Waals surface area contributed by atoms with Gasteiger partial charge in [0.2, 0.25) is 0 Å². The fourth-order valence-corrected chi connectivity index (χ4v) is 4.24. The highest BCUT2D eigenvalue weighted by atomic mass is 16.5. The second-order valence-electron chi connectivity index (χ2n) is 7.95. The monoisotopic (exact) mass is 374 g/mol. The topological polar surface area (TPSA) is 35.5 Å². The van der Waals surface area contributed by atoms with Gasteiger partial charge in [-0.05, 0) is 55.4 Å². The fraction of sp³-hybridized carbons (Fsp3) is 0.708. The maximum atomic E-state index is 12.0. The van der Waals surface area contributed by atoms with Crippen LogP contribution in [0.15, 0.2) is 24.3 Å². The van der Waals surface area contributed by atoms with Crippen LogP contribution in [-0.2, 0) is 4.74 Å². The average Bonchev–Trinajstić information content (AvgIpc) is 2.70. The van der Waals surface area contributed by atoms with Crippen molar-refractivity contribution in [2.45, 2.75) is 84.5 Å². The molecule has 3 nitrogen and oxygen atoms in total. The predicted molar refractivity (Wildman–Crippen MR) is 111 cm³/mol. The van der Waals surface area contributed by atoms with Gasteiger partial charge in [0.1, 0.15) is 5.75 Å². The average molecular weight is 375 g/mol. The van der Waals surface area contributed by atoms with Crippen molar-refractivity contribution >= 4 is 5.97 Å². The summed E-state index contributed by atoms with van der Waals surface area (Å²) >= 11 is 0. The summed E-state index contributed by atoms with van der Waals surface area (Å²) in [7, 11) is 0. The number of benzene rings is 1. The Morgan fingerprint density at radius 1 is 0.889 bits per heavy atom. The Labute approximate surface area is 165 Å². The molecule has 152 valence electrons. The number of carbonyl (C=O) groups excluding carboxylic acids is 1. The van der Waals surface area contributed by atoms with E-state index in [2.05, 4.69) is 13.8 Å². The minimum Gasteiger partial charge on any atom is -0.494 e. The molecule has 1 saturated carbocycles. The van der Waals surface area contributed by atoms with Crippen LogP contribution in [0.5, 0.6) is 5.75 Å². The molecule has 1 fully saturated rings. The molecule has 0 N–H and O–H groups in total. The quantitative estimate of drug-likeness (QED) is 0.298.